The summed E-state index contributed by atoms with van der Waals surface area (Å²) >= 11 is 0. The van der Waals surface area contributed by atoms with Gasteiger partial charge in [-0.3, -0.25) is 4.90 Å². The van der Waals surface area contributed by atoms with Crippen molar-refractivity contribution >= 4 is 0 Å². The van der Waals surface area contributed by atoms with Crippen LogP contribution in [0.3, 0.4) is 0 Å². The first-order chi connectivity index (χ1) is 14.3. The van der Waals surface area contributed by atoms with Crippen LogP contribution in [0.1, 0.15) is 49.8 Å². The predicted octanol–water partition coefficient (Wildman–Crippen LogP) is 4.80. The lowest BCUT2D eigenvalue weighted by molar-refractivity contribution is 0.125. The maximum Gasteiger partial charge on any atom is 0.161 e. The van der Waals surface area contributed by atoms with Gasteiger partial charge in [0, 0.05) is 32.2 Å². The highest BCUT2D eigenvalue weighted by molar-refractivity contribution is 5.44. The topological polar surface area (TPSA) is 33.7 Å². The van der Waals surface area contributed by atoms with E-state index in [-0.39, 0.29) is 0 Å². The number of rotatable bonds is 8. The molecular formula is C25H34N2O2. The van der Waals surface area contributed by atoms with Crippen LogP contribution in [0, 0.1) is 5.92 Å². The number of nitrogens with one attached hydrogen (secondary N) is 1. The fourth-order valence-electron chi connectivity index (χ4n) is 4.85. The molecule has 1 saturated heterocycles. The largest absolute Gasteiger partial charge is 0.490 e. The van der Waals surface area contributed by atoms with Crippen LogP contribution in [0.5, 0.6) is 11.5 Å². The van der Waals surface area contributed by atoms with Crippen molar-refractivity contribution in [3.8, 4) is 11.5 Å². The molecule has 1 heterocycles. The Morgan fingerprint density at radius 1 is 0.966 bits per heavy atom. The highest BCUT2D eigenvalue weighted by Gasteiger charge is 2.32. The normalized spacial score (nSPS) is 19.2. The Balaban J connectivity index is 1.56. The zero-order chi connectivity index (χ0) is 19.9. The van der Waals surface area contributed by atoms with Crippen molar-refractivity contribution in [3.05, 3.63) is 59.7 Å². The third-order valence-electron chi connectivity index (χ3n) is 6.24. The Hall–Kier alpha value is -2.04. The lowest BCUT2D eigenvalue weighted by Crippen LogP contribution is -2.46. The van der Waals surface area contributed by atoms with E-state index in [1.807, 2.05) is 25.1 Å². The first kappa shape index (κ1) is 20.2. The third-order valence-corrected chi connectivity index (χ3v) is 6.24. The minimum absolute atomic E-state index is 0.488. The van der Waals surface area contributed by atoms with Gasteiger partial charge in [-0.25, -0.2) is 0 Å². The van der Waals surface area contributed by atoms with Crippen molar-refractivity contribution in [1.29, 1.82) is 0 Å². The van der Waals surface area contributed by atoms with E-state index in [0.29, 0.717) is 19.3 Å². The van der Waals surface area contributed by atoms with Gasteiger partial charge in [0.05, 0.1) is 6.61 Å². The molecule has 4 heteroatoms. The second-order valence-corrected chi connectivity index (χ2v) is 8.19. The fourth-order valence-corrected chi connectivity index (χ4v) is 4.85. The molecule has 0 radical (unpaired) electrons. The van der Waals surface area contributed by atoms with E-state index < -0.39 is 0 Å². The van der Waals surface area contributed by atoms with Crippen molar-refractivity contribution in [3.63, 3.8) is 0 Å². The van der Waals surface area contributed by atoms with E-state index in [2.05, 4.69) is 40.5 Å². The fraction of sp³-hybridized carbons (Fsp3) is 0.520. The summed E-state index contributed by atoms with van der Waals surface area (Å²) in [7, 11) is 0. The lowest BCUT2D eigenvalue weighted by atomic mass is 9.89. The SMILES string of the molecule is CCOc1cc([C@@H](C2CCCC2)N2CCNCC2)ccc1OCc1ccccc1. The molecule has 1 saturated carbocycles. The molecule has 29 heavy (non-hydrogen) atoms. The molecule has 1 aliphatic carbocycles. The summed E-state index contributed by atoms with van der Waals surface area (Å²) in [5, 5.41) is 3.50. The van der Waals surface area contributed by atoms with Crippen LogP contribution in [0.2, 0.25) is 0 Å². The summed E-state index contributed by atoms with van der Waals surface area (Å²) in [6.07, 6.45) is 5.41. The molecule has 156 valence electrons. The Morgan fingerprint density at radius 3 is 2.45 bits per heavy atom. The van der Waals surface area contributed by atoms with Gasteiger partial charge in [-0.05, 0) is 48.9 Å². The highest BCUT2D eigenvalue weighted by Crippen LogP contribution is 2.42. The first-order valence-electron chi connectivity index (χ1n) is 11.2. The number of benzene rings is 2. The van der Waals surface area contributed by atoms with Crippen LogP contribution in [0.4, 0.5) is 0 Å². The van der Waals surface area contributed by atoms with Gasteiger partial charge in [0.25, 0.3) is 0 Å². The minimum atomic E-state index is 0.488. The zero-order valence-electron chi connectivity index (χ0n) is 17.6. The van der Waals surface area contributed by atoms with E-state index in [4.69, 9.17) is 9.47 Å². The molecule has 1 N–H and O–H groups in total. The van der Waals surface area contributed by atoms with E-state index in [0.717, 1.165) is 43.6 Å². The monoisotopic (exact) mass is 394 g/mol. The Morgan fingerprint density at radius 2 is 1.72 bits per heavy atom. The Bertz CT molecular complexity index is 753. The standard InChI is InChI=1S/C25H34N2O2/c1-2-28-24-18-22(12-13-23(24)29-19-20-8-4-3-5-9-20)25(21-10-6-7-11-21)27-16-14-26-15-17-27/h3-5,8-9,12-13,18,21,25-26H,2,6-7,10-11,14-17,19H2,1H3/t25-/m1/s1. The van der Waals surface area contributed by atoms with E-state index in [1.54, 1.807) is 0 Å². The van der Waals surface area contributed by atoms with Crippen molar-refractivity contribution < 1.29 is 9.47 Å². The van der Waals surface area contributed by atoms with E-state index >= 15 is 0 Å². The molecule has 0 spiro atoms. The van der Waals surface area contributed by atoms with Gasteiger partial charge in [0.15, 0.2) is 11.5 Å². The van der Waals surface area contributed by atoms with Crippen LogP contribution >= 0.6 is 0 Å². The molecule has 0 aromatic heterocycles. The summed E-state index contributed by atoms with van der Waals surface area (Å²) in [6, 6.07) is 17.4. The summed E-state index contributed by atoms with van der Waals surface area (Å²) in [5.74, 6) is 2.46. The molecule has 4 nitrogen and oxygen atoms in total. The third kappa shape index (κ3) is 5.12. The van der Waals surface area contributed by atoms with Gasteiger partial charge >= 0.3 is 0 Å². The molecule has 1 atom stereocenters. The molecule has 0 amide bonds. The Kier molecular flexibility index (Phi) is 7.07. The number of piperazine rings is 1. The van der Waals surface area contributed by atoms with Crippen LogP contribution in [0.25, 0.3) is 0 Å². The number of hydrogen-bond acceptors (Lipinski definition) is 4. The minimum Gasteiger partial charge on any atom is -0.490 e. The second-order valence-electron chi connectivity index (χ2n) is 8.19. The van der Waals surface area contributed by atoms with Gasteiger partial charge in [0.1, 0.15) is 6.61 Å². The summed E-state index contributed by atoms with van der Waals surface area (Å²) < 4.78 is 12.1. The predicted molar refractivity (Wildman–Crippen MR) is 118 cm³/mol. The summed E-state index contributed by atoms with van der Waals surface area (Å²) in [6.45, 7) is 7.66. The molecular weight excluding hydrogens is 360 g/mol. The van der Waals surface area contributed by atoms with E-state index in [9.17, 15) is 0 Å². The van der Waals surface area contributed by atoms with Gasteiger partial charge in [-0.1, -0.05) is 49.2 Å². The molecule has 0 unspecified atom stereocenters. The maximum atomic E-state index is 6.13. The van der Waals surface area contributed by atoms with Crippen LogP contribution in [-0.2, 0) is 6.61 Å². The van der Waals surface area contributed by atoms with Gasteiger partial charge < -0.3 is 14.8 Å². The summed E-state index contributed by atoms with van der Waals surface area (Å²) in [5.41, 5.74) is 2.55. The number of nitrogens with zero attached hydrogens (tertiary/aromatic N) is 1. The van der Waals surface area contributed by atoms with Gasteiger partial charge in [-0.15, -0.1) is 0 Å². The molecule has 2 fully saturated rings. The molecule has 1 aliphatic heterocycles. The van der Waals surface area contributed by atoms with E-state index in [1.165, 1.54) is 36.8 Å². The van der Waals surface area contributed by atoms with Crippen molar-refractivity contribution in [1.82, 2.24) is 10.2 Å². The number of ether oxygens (including phenoxy) is 2. The first-order valence-corrected chi connectivity index (χ1v) is 11.2. The lowest BCUT2D eigenvalue weighted by Gasteiger charge is -2.39. The Labute approximate surface area is 175 Å². The smallest absolute Gasteiger partial charge is 0.161 e. The van der Waals surface area contributed by atoms with Crippen molar-refractivity contribution in [2.45, 2.75) is 45.3 Å². The molecule has 0 bridgehead atoms. The molecule has 4 rings (SSSR count). The van der Waals surface area contributed by atoms with Gasteiger partial charge in [-0.2, -0.15) is 0 Å². The van der Waals surface area contributed by atoms with Gasteiger partial charge in [0.2, 0.25) is 0 Å². The molecule has 2 aliphatic rings. The average molecular weight is 395 g/mol. The van der Waals surface area contributed by atoms with Crippen LogP contribution < -0.4 is 14.8 Å². The maximum absolute atomic E-state index is 6.13. The zero-order valence-corrected chi connectivity index (χ0v) is 17.6. The molecule has 2 aromatic rings. The van der Waals surface area contributed by atoms with Crippen molar-refractivity contribution in [2.75, 3.05) is 32.8 Å². The summed E-state index contributed by atoms with van der Waals surface area (Å²) in [4.78, 5) is 2.68. The molecule has 2 aromatic carbocycles. The number of hydrogen-bond donors (Lipinski definition) is 1. The second kappa shape index (κ2) is 10.1. The highest BCUT2D eigenvalue weighted by atomic mass is 16.5. The quantitative estimate of drug-likeness (QED) is 0.697. The average Bonchev–Trinajstić information content (AvgIpc) is 3.29. The van der Waals surface area contributed by atoms with Crippen LogP contribution in [0.15, 0.2) is 48.5 Å². The van der Waals surface area contributed by atoms with Crippen molar-refractivity contribution in [2.24, 2.45) is 5.92 Å². The van der Waals surface area contributed by atoms with Crippen LogP contribution in [-0.4, -0.2) is 37.7 Å².